The molecular formula is C24H29NO3. The van der Waals surface area contributed by atoms with E-state index in [9.17, 15) is 0 Å². The molecule has 2 aromatic carbocycles. The number of nitrogens with zero attached hydrogens (tertiary/aromatic N) is 1. The fraction of sp³-hybridized carbons (Fsp3) is 0.417. The second kappa shape index (κ2) is 8.27. The smallest absolute Gasteiger partial charge is 0.161 e. The molecular weight excluding hydrogens is 350 g/mol. The molecule has 4 rings (SSSR count). The Hall–Kier alpha value is -2.46. The lowest BCUT2D eigenvalue weighted by Crippen LogP contribution is -2.43. The van der Waals surface area contributed by atoms with Gasteiger partial charge in [-0.2, -0.15) is 0 Å². The van der Waals surface area contributed by atoms with E-state index in [0.29, 0.717) is 6.04 Å². The monoisotopic (exact) mass is 379 g/mol. The minimum Gasteiger partial charge on any atom is -0.497 e. The highest BCUT2D eigenvalue weighted by molar-refractivity contribution is 5.93. The quantitative estimate of drug-likeness (QED) is 0.741. The summed E-state index contributed by atoms with van der Waals surface area (Å²) in [7, 11) is 5.09. The van der Waals surface area contributed by atoms with Crippen LogP contribution in [0.3, 0.4) is 0 Å². The predicted octanol–water partition coefficient (Wildman–Crippen LogP) is 4.88. The Morgan fingerprint density at radius 1 is 0.786 bits per heavy atom. The Morgan fingerprint density at radius 3 is 2.25 bits per heavy atom. The Labute approximate surface area is 167 Å². The van der Waals surface area contributed by atoms with Crippen LogP contribution in [0.5, 0.6) is 17.2 Å². The molecule has 4 nitrogen and oxygen atoms in total. The molecule has 1 atom stereocenters. The van der Waals surface area contributed by atoms with Gasteiger partial charge in [-0.05, 0) is 72.3 Å². The minimum absolute atomic E-state index is 0.638. The molecule has 28 heavy (non-hydrogen) atoms. The van der Waals surface area contributed by atoms with Gasteiger partial charge in [-0.25, -0.2) is 0 Å². The second-order valence-electron chi connectivity index (χ2n) is 7.58. The van der Waals surface area contributed by atoms with Gasteiger partial charge in [0.2, 0.25) is 0 Å². The van der Waals surface area contributed by atoms with E-state index in [4.69, 9.17) is 14.2 Å². The first-order valence-corrected chi connectivity index (χ1v) is 10.1. The summed E-state index contributed by atoms with van der Waals surface area (Å²) in [6.45, 7) is 2.20. The van der Waals surface area contributed by atoms with E-state index >= 15 is 0 Å². The van der Waals surface area contributed by atoms with Crippen molar-refractivity contribution in [2.75, 3.05) is 34.4 Å². The fourth-order valence-electron chi connectivity index (χ4n) is 4.53. The van der Waals surface area contributed by atoms with Crippen molar-refractivity contribution in [2.24, 2.45) is 0 Å². The van der Waals surface area contributed by atoms with Crippen molar-refractivity contribution < 1.29 is 14.2 Å². The molecule has 0 spiro atoms. The summed E-state index contributed by atoms with van der Waals surface area (Å²) in [6.07, 6.45) is 5.00. The van der Waals surface area contributed by atoms with Crippen LogP contribution in [-0.2, 0) is 0 Å². The third-order valence-corrected chi connectivity index (χ3v) is 6.08. The van der Waals surface area contributed by atoms with E-state index in [-0.39, 0.29) is 0 Å². The Kier molecular flexibility index (Phi) is 5.58. The van der Waals surface area contributed by atoms with E-state index in [1.165, 1.54) is 48.1 Å². The highest BCUT2D eigenvalue weighted by atomic mass is 16.5. The van der Waals surface area contributed by atoms with Gasteiger partial charge in [-0.3, -0.25) is 4.90 Å². The van der Waals surface area contributed by atoms with Crippen molar-refractivity contribution in [1.29, 1.82) is 0 Å². The molecule has 0 N–H and O–H groups in total. The molecule has 0 bridgehead atoms. The van der Waals surface area contributed by atoms with Crippen molar-refractivity contribution in [2.45, 2.75) is 31.7 Å². The van der Waals surface area contributed by atoms with E-state index in [0.717, 1.165) is 30.2 Å². The molecule has 0 aromatic heterocycles. The number of fused-ring (bicyclic) bond motifs is 1. The van der Waals surface area contributed by atoms with Gasteiger partial charge in [0.15, 0.2) is 11.5 Å². The minimum atomic E-state index is 0.638. The van der Waals surface area contributed by atoms with Crippen molar-refractivity contribution in [3.05, 3.63) is 53.6 Å². The zero-order valence-electron chi connectivity index (χ0n) is 17.0. The zero-order valence-corrected chi connectivity index (χ0v) is 17.0. The van der Waals surface area contributed by atoms with Crippen LogP contribution in [0.1, 0.15) is 36.8 Å². The van der Waals surface area contributed by atoms with Gasteiger partial charge >= 0.3 is 0 Å². The summed E-state index contributed by atoms with van der Waals surface area (Å²) in [5, 5.41) is 0. The topological polar surface area (TPSA) is 30.9 Å². The third kappa shape index (κ3) is 3.61. The van der Waals surface area contributed by atoms with Crippen LogP contribution in [-0.4, -0.2) is 45.4 Å². The van der Waals surface area contributed by atoms with Crippen molar-refractivity contribution in [3.8, 4) is 17.2 Å². The van der Waals surface area contributed by atoms with Crippen molar-refractivity contribution in [3.63, 3.8) is 0 Å². The molecule has 1 saturated heterocycles. The lowest BCUT2D eigenvalue weighted by molar-refractivity contribution is 0.165. The van der Waals surface area contributed by atoms with Gasteiger partial charge < -0.3 is 14.2 Å². The van der Waals surface area contributed by atoms with Gasteiger partial charge in [-0.1, -0.05) is 24.6 Å². The maximum Gasteiger partial charge on any atom is 0.161 e. The first kappa shape index (κ1) is 18.9. The van der Waals surface area contributed by atoms with Gasteiger partial charge in [0, 0.05) is 12.6 Å². The maximum absolute atomic E-state index is 5.57. The average Bonchev–Trinajstić information content (AvgIpc) is 2.77. The van der Waals surface area contributed by atoms with Crippen LogP contribution in [0.2, 0.25) is 0 Å². The molecule has 148 valence electrons. The number of benzene rings is 2. The summed E-state index contributed by atoms with van der Waals surface area (Å²) in [4.78, 5) is 2.66. The fourth-order valence-corrected chi connectivity index (χ4v) is 4.53. The van der Waals surface area contributed by atoms with Crippen LogP contribution < -0.4 is 14.2 Å². The molecule has 0 unspecified atom stereocenters. The number of hydrogen-bond acceptors (Lipinski definition) is 4. The first-order chi connectivity index (χ1) is 13.7. The zero-order chi connectivity index (χ0) is 19.5. The van der Waals surface area contributed by atoms with Crippen LogP contribution in [0.25, 0.3) is 11.1 Å². The Balaban J connectivity index is 1.80. The lowest BCUT2D eigenvalue weighted by Gasteiger charge is -2.41. The van der Waals surface area contributed by atoms with Gasteiger partial charge in [0.25, 0.3) is 0 Å². The Bertz CT molecular complexity index is 857. The predicted molar refractivity (Wildman–Crippen MR) is 113 cm³/mol. The summed E-state index contributed by atoms with van der Waals surface area (Å²) in [6, 6.07) is 15.4. The van der Waals surface area contributed by atoms with Gasteiger partial charge in [0.05, 0.1) is 21.3 Å². The number of rotatable bonds is 5. The molecule has 2 aromatic rings. The van der Waals surface area contributed by atoms with Crippen LogP contribution in [0, 0.1) is 0 Å². The highest BCUT2D eigenvalue weighted by Crippen LogP contribution is 2.41. The molecule has 0 radical (unpaired) electrons. The normalized spacial score (nSPS) is 19.9. The van der Waals surface area contributed by atoms with Crippen LogP contribution >= 0.6 is 0 Å². The summed E-state index contributed by atoms with van der Waals surface area (Å²) in [5.41, 5.74) is 5.34. The summed E-state index contributed by atoms with van der Waals surface area (Å²) in [5.74, 6) is 2.45. The molecule has 4 heteroatoms. The largest absolute Gasteiger partial charge is 0.497 e. The number of piperidine rings is 1. The summed E-state index contributed by atoms with van der Waals surface area (Å²) >= 11 is 0. The summed E-state index contributed by atoms with van der Waals surface area (Å²) < 4.78 is 16.4. The van der Waals surface area contributed by atoms with E-state index in [1.807, 2.05) is 6.07 Å². The SMILES string of the molecule is COc1ccc(C2=C(c3ccc(OC)c(OC)c3)C[C@H]3CCCCN3C2)cc1. The van der Waals surface area contributed by atoms with E-state index in [2.05, 4.69) is 41.3 Å². The molecule has 0 amide bonds. The molecule has 2 aliphatic heterocycles. The third-order valence-electron chi connectivity index (χ3n) is 6.08. The number of methoxy groups -OCH3 is 3. The molecule has 0 aliphatic carbocycles. The average molecular weight is 380 g/mol. The van der Waals surface area contributed by atoms with E-state index in [1.54, 1.807) is 21.3 Å². The molecule has 0 saturated carbocycles. The van der Waals surface area contributed by atoms with Gasteiger partial charge in [0.1, 0.15) is 5.75 Å². The maximum atomic E-state index is 5.57. The van der Waals surface area contributed by atoms with Crippen LogP contribution in [0.4, 0.5) is 0 Å². The van der Waals surface area contributed by atoms with E-state index < -0.39 is 0 Å². The number of ether oxygens (including phenoxy) is 3. The second-order valence-corrected chi connectivity index (χ2v) is 7.58. The standard InChI is InChI=1S/C24H29NO3/c1-26-20-10-7-17(8-11-20)22-16-25-13-5-4-6-19(25)15-21(22)18-9-12-23(27-2)24(14-18)28-3/h7-12,14,19H,4-6,13,15-16H2,1-3H3/t19-/m1/s1. The molecule has 1 fully saturated rings. The van der Waals surface area contributed by atoms with Crippen LogP contribution in [0.15, 0.2) is 42.5 Å². The first-order valence-electron chi connectivity index (χ1n) is 10.1. The highest BCUT2D eigenvalue weighted by Gasteiger charge is 2.31. The molecule has 2 aliphatic rings. The van der Waals surface area contributed by atoms with Crippen molar-refractivity contribution >= 4 is 11.1 Å². The number of hydrogen-bond donors (Lipinski definition) is 0. The van der Waals surface area contributed by atoms with Gasteiger partial charge in [-0.15, -0.1) is 0 Å². The lowest BCUT2D eigenvalue weighted by atomic mass is 9.83. The molecule has 2 heterocycles. The van der Waals surface area contributed by atoms with Crippen molar-refractivity contribution in [1.82, 2.24) is 4.90 Å². The Morgan fingerprint density at radius 2 is 1.54 bits per heavy atom.